The van der Waals surface area contributed by atoms with Gasteiger partial charge in [0.15, 0.2) is 0 Å². The highest BCUT2D eigenvalue weighted by Gasteiger charge is 2.22. The molecule has 2 saturated heterocycles. The number of nitrogens with one attached hydrogen (secondary N) is 2. The fraction of sp³-hybridized carbons (Fsp3) is 0.529. The average molecular weight is 301 g/mol. The van der Waals surface area contributed by atoms with Gasteiger partial charge in [-0.3, -0.25) is 9.59 Å². The van der Waals surface area contributed by atoms with Gasteiger partial charge in [-0.15, -0.1) is 0 Å². The normalized spacial score (nSPS) is 22.5. The molecule has 2 N–H and O–H groups in total. The molecule has 2 aliphatic rings. The van der Waals surface area contributed by atoms with Crippen molar-refractivity contribution in [2.45, 2.75) is 44.6 Å². The maximum Gasteiger partial charge on any atom is 0.241 e. The molecule has 1 unspecified atom stereocenters. The van der Waals surface area contributed by atoms with Crippen molar-refractivity contribution in [3.63, 3.8) is 0 Å². The van der Waals surface area contributed by atoms with Crippen LogP contribution in [0.5, 0.6) is 0 Å². The second kappa shape index (κ2) is 6.92. The molecule has 1 atom stereocenters. The number of carbonyl (C=O) groups excluding carboxylic acids is 2. The SMILES string of the molecule is O=C(Nc1cccc(N2CCCCC2=O)c1)C1CCCCN1. The van der Waals surface area contributed by atoms with E-state index in [1.165, 1.54) is 0 Å². The van der Waals surface area contributed by atoms with Crippen molar-refractivity contribution in [3.05, 3.63) is 24.3 Å². The fourth-order valence-corrected chi connectivity index (χ4v) is 3.14. The van der Waals surface area contributed by atoms with E-state index in [9.17, 15) is 9.59 Å². The minimum atomic E-state index is -0.103. The fourth-order valence-electron chi connectivity index (χ4n) is 3.14. The maximum atomic E-state index is 12.3. The van der Waals surface area contributed by atoms with Gasteiger partial charge >= 0.3 is 0 Å². The molecule has 2 heterocycles. The zero-order chi connectivity index (χ0) is 15.4. The summed E-state index contributed by atoms with van der Waals surface area (Å²) in [4.78, 5) is 26.1. The van der Waals surface area contributed by atoms with Crippen LogP contribution in [0, 0.1) is 0 Å². The third-order valence-electron chi connectivity index (χ3n) is 4.38. The average Bonchev–Trinajstić information content (AvgIpc) is 2.56. The van der Waals surface area contributed by atoms with Gasteiger partial charge in [-0.1, -0.05) is 12.5 Å². The number of anilines is 2. The number of benzene rings is 1. The Labute approximate surface area is 131 Å². The predicted molar refractivity (Wildman–Crippen MR) is 86.9 cm³/mol. The van der Waals surface area contributed by atoms with Gasteiger partial charge in [-0.25, -0.2) is 0 Å². The lowest BCUT2D eigenvalue weighted by atomic mass is 10.0. The number of hydrogen-bond donors (Lipinski definition) is 2. The van der Waals surface area contributed by atoms with Crippen molar-refractivity contribution < 1.29 is 9.59 Å². The molecule has 0 aliphatic carbocycles. The van der Waals surface area contributed by atoms with Crippen LogP contribution in [0.1, 0.15) is 38.5 Å². The lowest BCUT2D eigenvalue weighted by Gasteiger charge is -2.27. The molecule has 22 heavy (non-hydrogen) atoms. The summed E-state index contributed by atoms with van der Waals surface area (Å²) in [5.41, 5.74) is 1.63. The van der Waals surface area contributed by atoms with E-state index >= 15 is 0 Å². The van der Waals surface area contributed by atoms with Gasteiger partial charge in [-0.2, -0.15) is 0 Å². The van der Waals surface area contributed by atoms with Gasteiger partial charge in [0.1, 0.15) is 0 Å². The number of rotatable bonds is 3. The first-order chi connectivity index (χ1) is 10.7. The van der Waals surface area contributed by atoms with Crippen molar-refractivity contribution in [1.82, 2.24) is 5.32 Å². The topological polar surface area (TPSA) is 61.4 Å². The highest BCUT2D eigenvalue weighted by Crippen LogP contribution is 2.24. The lowest BCUT2D eigenvalue weighted by molar-refractivity contribution is -0.119. The zero-order valence-corrected chi connectivity index (χ0v) is 12.8. The molecule has 2 amide bonds. The predicted octanol–water partition coefficient (Wildman–Crippen LogP) is 2.28. The quantitative estimate of drug-likeness (QED) is 0.900. The highest BCUT2D eigenvalue weighted by molar-refractivity contribution is 5.97. The zero-order valence-electron chi connectivity index (χ0n) is 12.8. The summed E-state index contributed by atoms with van der Waals surface area (Å²) in [6.07, 6.45) is 5.73. The van der Waals surface area contributed by atoms with Gasteiger partial charge < -0.3 is 15.5 Å². The van der Waals surface area contributed by atoms with Crippen LogP contribution in [-0.4, -0.2) is 30.9 Å². The molecular weight excluding hydrogens is 278 g/mol. The molecule has 5 nitrogen and oxygen atoms in total. The monoisotopic (exact) mass is 301 g/mol. The molecule has 1 aromatic carbocycles. The summed E-state index contributed by atoms with van der Waals surface area (Å²) in [6.45, 7) is 1.67. The van der Waals surface area contributed by atoms with Crippen molar-refractivity contribution in [2.24, 2.45) is 0 Å². The first kappa shape index (κ1) is 15.0. The minimum Gasteiger partial charge on any atom is -0.325 e. The molecule has 1 aromatic rings. The van der Waals surface area contributed by atoms with Crippen LogP contribution in [0.2, 0.25) is 0 Å². The third kappa shape index (κ3) is 3.47. The molecule has 0 aromatic heterocycles. The Morgan fingerprint density at radius 1 is 1.23 bits per heavy atom. The van der Waals surface area contributed by atoms with Crippen molar-refractivity contribution >= 4 is 23.2 Å². The van der Waals surface area contributed by atoms with Crippen molar-refractivity contribution in [1.29, 1.82) is 0 Å². The minimum absolute atomic E-state index is 0.0156. The van der Waals surface area contributed by atoms with E-state index in [0.717, 1.165) is 56.6 Å². The van der Waals surface area contributed by atoms with Gasteiger partial charge in [0.2, 0.25) is 11.8 Å². The molecule has 0 spiro atoms. The summed E-state index contributed by atoms with van der Waals surface area (Å²) >= 11 is 0. The maximum absolute atomic E-state index is 12.3. The van der Waals surface area contributed by atoms with Crippen LogP contribution in [0.4, 0.5) is 11.4 Å². The van der Waals surface area contributed by atoms with Crippen LogP contribution in [0.15, 0.2) is 24.3 Å². The Kier molecular flexibility index (Phi) is 4.73. The number of amides is 2. The molecule has 5 heteroatoms. The summed E-state index contributed by atoms with van der Waals surface area (Å²) < 4.78 is 0. The second-order valence-electron chi connectivity index (χ2n) is 6.04. The lowest BCUT2D eigenvalue weighted by Crippen LogP contribution is -2.43. The summed E-state index contributed by atoms with van der Waals surface area (Å²) in [5.74, 6) is 0.186. The van der Waals surface area contributed by atoms with E-state index in [4.69, 9.17) is 0 Å². The van der Waals surface area contributed by atoms with Crippen LogP contribution in [0.25, 0.3) is 0 Å². The highest BCUT2D eigenvalue weighted by atomic mass is 16.2. The summed E-state index contributed by atoms with van der Waals surface area (Å²) in [5, 5.41) is 6.21. The summed E-state index contributed by atoms with van der Waals surface area (Å²) in [6, 6.07) is 7.48. The Morgan fingerprint density at radius 2 is 2.14 bits per heavy atom. The van der Waals surface area contributed by atoms with Crippen LogP contribution in [-0.2, 0) is 9.59 Å². The van der Waals surface area contributed by atoms with Crippen LogP contribution >= 0.6 is 0 Å². The van der Waals surface area contributed by atoms with Gasteiger partial charge in [0.25, 0.3) is 0 Å². The first-order valence-corrected chi connectivity index (χ1v) is 8.19. The Morgan fingerprint density at radius 3 is 2.91 bits per heavy atom. The third-order valence-corrected chi connectivity index (χ3v) is 4.38. The van der Waals surface area contributed by atoms with E-state index in [1.54, 1.807) is 0 Å². The van der Waals surface area contributed by atoms with Gasteiger partial charge in [-0.05, 0) is 50.4 Å². The van der Waals surface area contributed by atoms with E-state index < -0.39 is 0 Å². The van der Waals surface area contributed by atoms with Gasteiger partial charge in [0, 0.05) is 24.3 Å². The Bertz CT molecular complexity index is 553. The molecule has 0 radical (unpaired) electrons. The Balaban J connectivity index is 1.68. The molecule has 0 saturated carbocycles. The van der Waals surface area contributed by atoms with Crippen molar-refractivity contribution in [3.8, 4) is 0 Å². The molecule has 0 bridgehead atoms. The number of nitrogens with zero attached hydrogens (tertiary/aromatic N) is 1. The molecule has 3 rings (SSSR count). The van der Waals surface area contributed by atoms with E-state index in [2.05, 4.69) is 10.6 Å². The molecular formula is C17H23N3O2. The molecule has 2 aliphatic heterocycles. The van der Waals surface area contributed by atoms with E-state index in [0.29, 0.717) is 6.42 Å². The smallest absolute Gasteiger partial charge is 0.241 e. The van der Waals surface area contributed by atoms with E-state index in [1.807, 2.05) is 29.2 Å². The number of carbonyl (C=O) groups is 2. The first-order valence-electron chi connectivity index (χ1n) is 8.19. The summed E-state index contributed by atoms with van der Waals surface area (Å²) in [7, 11) is 0. The van der Waals surface area contributed by atoms with Crippen LogP contribution < -0.4 is 15.5 Å². The second-order valence-corrected chi connectivity index (χ2v) is 6.04. The molecule has 2 fully saturated rings. The number of hydrogen-bond acceptors (Lipinski definition) is 3. The largest absolute Gasteiger partial charge is 0.325 e. The molecule has 118 valence electrons. The van der Waals surface area contributed by atoms with Crippen molar-refractivity contribution in [2.75, 3.05) is 23.3 Å². The number of piperidine rings is 2. The Hall–Kier alpha value is -1.88. The van der Waals surface area contributed by atoms with Crippen LogP contribution in [0.3, 0.4) is 0 Å². The van der Waals surface area contributed by atoms with E-state index in [-0.39, 0.29) is 17.9 Å². The van der Waals surface area contributed by atoms with Gasteiger partial charge in [0.05, 0.1) is 6.04 Å². The standard InChI is InChI=1S/C17H23N3O2/c21-16-9-2-4-11-20(16)14-7-5-6-13(12-14)19-17(22)15-8-1-3-10-18-15/h5-7,12,15,18H,1-4,8-11H2,(H,19,22).